The van der Waals surface area contributed by atoms with Crippen LogP contribution in [0.1, 0.15) is 70.3 Å². The summed E-state index contributed by atoms with van der Waals surface area (Å²) in [5.41, 5.74) is 0.453. The van der Waals surface area contributed by atoms with Crippen molar-refractivity contribution in [3.05, 3.63) is 59.7 Å². The predicted octanol–water partition coefficient (Wildman–Crippen LogP) is 5.23. The molecule has 5 fully saturated rings. The molecule has 14 heteroatoms. The Balaban J connectivity index is 1.03. The molecular formula is C44H59F2N5O6S. The van der Waals surface area contributed by atoms with E-state index in [0.29, 0.717) is 51.1 Å². The summed E-state index contributed by atoms with van der Waals surface area (Å²) in [5.74, 6) is 4.25. The smallest absolute Gasteiger partial charge is 0.407 e. The number of hydrogen-bond acceptors (Lipinski definition) is 9. The number of anilines is 1. The van der Waals surface area contributed by atoms with Gasteiger partial charge in [-0.3, -0.25) is 4.79 Å². The van der Waals surface area contributed by atoms with E-state index in [1.165, 1.54) is 24.1 Å². The number of methoxy groups -OCH3 is 2. The molecule has 0 spiro atoms. The lowest BCUT2D eigenvalue weighted by Gasteiger charge is -2.55. The van der Waals surface area contributed by atoms with Gasteiger partial charge in [-0.05, 0) is 132 Å². The maximum absolute atomic E-state index is 15.8. The van der Waals surface area contributed by atoms with Crippen LogP contribution in [0.25, 0.3) is 0 Å². The molecule has 1 aliphatic carbocycles. The fourth-order valence-corrected chi connectivity index (χ4v) is 12.5. The molecule has 0 radical (unpaired) electrons. The number of likely N-dealkylation sites (tertiary alicyclic amines) is 3. The zero-order valence-electron chi connectivity index (χ0n) is 34.2. The second-order valence-corrected chi connectivity index (χ2v) is 19.4. The molecule has 0 aromatic heterocycles. The Bertz CT molecular complexity index is 1970. The molecule has 0 unspecified atom stereocenters. The fraction of sp³-hybridized carbons (Fsp3) is 0.636. The van der Waals surface area contributed by atoms with Gasteiger partial charge in [0.05, 0.1) is 36.0 Å². The number of amides is 2. The molecule has 4 saturated heterocycles. The van der Waals surface area contributed by atoms with Gasteiger partial charge in [0.1, 0.15) is 17.2 Å². The number of alkyl carbamates (subject to hydrolysis) is 1. The van der Waals surface area contributed by atoms with Crippen molar-refractivity contribution in [3.63, 3.8) is 0 Å². The number of carbonyl (C=O) groups excluding carboxylic acids is 2. The molecule has 58 heavy (non-hydrogen) atoms. The summed E-state index contributed by atoms with van der Waals surface area (Å²) >= 11 is 0. The van der Waals surface area contributed by atoms with Crippen molar-refractivity contribution in [3.8, 4) is 11.8 Å². The van der Waals surface area contributed by atoms with Gasteiger partial charge >= 0.3 is 6.09 Å². The summed E-state index contributed by atoms with van der Waals surface area (Å²) in [6, 6.07) is 11.2. The molecular weight excluding hydrogens is 765 g/mol. The molecule has 4 aliphatic heterocycles. The highest BCUT2D eigenvalue weighted by molar-refractivity contribution is 7.92. The third-order valence-corrected chi connectivity index (χ3v) is 16.0. The van der Waals surface area contributed by atoms with Crippen molar-refractivity contribution in [2.75, 3.05) is 84.6 Å². The average Bonchev–Trinajstić information content (AvgIpc) is 3.49. The summed E-state index contributed by atoms with van der Waals surface area (Å²) in [4.78, 5) is 33.3. The molecule has 1 saturated carbocycles. The Morgan fingerprint density at radius 3 is 2.34 bits per heavy atom. The van der Waals surface area contributed by atoms with E-state index in [2.05, 4.69) is 33.0 Å². The molecule has 2 amide bonds. The number of rotatable bonds is 12. The van der Waals surface area contributed by atoms with E-state index < -0.39 is 32.6 Å². The molecule has 316 valence electrons. The molecule has 1 N–H and O–H groups in total. The van der Waals surface area contributed by atoms with Crippen molar-refractivity contribution in [1.82, 2.24) is 20.0 Å². The first-order valence-electron chi connectivity index (χ1n) is 21.0. The second-order valence-electron chi connectivity index (χ2n) is 17.2. The Morgan fingerprint density at radius 1 is 0.914 bits per heavy atom. The van der Waals surface area contributed by atoms with Gasteiger partial charge in [-0.1, -0.05) is 30.9 Å². The highest BCUT2D eigenvalue weighted by atomic mass is 32.2. The molecule has 5 aliphatic rings. The van der Waals surface area contributed by atoms with E-state index in [-0.39, 0.29) is 46.5 Å². The van der Waals surface area contributed by atoms with Crippen LogP contribution in [0.3, 0.4) is 0 Å². The lowest BCUT2D eigenvalue weighted by Crippen LogP contribution is -2.68. The van der Waals surface area contributed by atoms with E-state index in [1.807, 2.05) is 11.0 Å². The highest BCUT2D eigenvalue weighted by Crippen LogP contribution is 2.52. The Labute approximate surface area is 342 Å². The first-order chi connectivity index (χ1) is 27.9. The van der Waals surface area contributed by atoms with Gasteiger partial charge in [0.25, 0.3) is 5.91 Å². The molecule has 2 aromatic rings. The van der Waals surface area contributed by atoms with Gasteiger partial charge < -0.3 is 34.4 Å². The normalized spacial score (nSPS) is 25.4. The number of ether oxygens (including phenoxy) is 2. The van der Waals surface area contributed by atoms with Gasteiger partial charge in [-0.25, -0.2) is 22.0 Å². The average molecular weight is 824 g/mol. The maximum atomic E-state index is 15.8. The van der Waals surface area contributed by atoms with Crippen molar-refractivity contribution in [2.45, 2.75) is 91.9 Å². The first-order valence-corrected chi connectivity index (χ1v) is 22.6. The van der Waals surface area contributed by atoms with Crippen molar-refractivity contribution >= 4 is 27.5 Å². The minimum absolute atomic E-state index is 0.0386. The van der Waals surface area contributed by atoms with Crippen LogP contribution in [-0.4, -0.2) is 132 Å². The lowest BCUT2D eigenvalue weighted by molar-refractivity contribution is -0.125. The molecule has 4 atom stereocenters. The van der Waals surface area contributed by atoms with Crippen molar-refractivity contribution < 1.29 is 36.3 Å². The lowest BCUT2D eigenvalue weighted by atomic mass is 9.57. The topological polar surface area (TPSA) is 112 Å². The van der Waals surface area contributed by atoms with Crippen LogP contribution < -0.4 is 10.2 Å². The largest absolute Gasteiger partial charge is 0.453 e. The Morgan fingerprint density at radius 2 is 1.69 bits per heavy atom. The SMILES string of the molecule is CC#CC(=O)N1CCCC[C@@H](S(=O)(=O)c2ccc(N3CC(CN4CCC([C@@](CN5CCC5)(c5cccc(F)c5)[C@H]5CCC[C@@H]5NC(=O)OC)CC4)(OC)C3)c(F)c2)C1. The number of hydrogen-bond donors (Lipinski definition) is 1. The van der Waals surface area contributed by atoms with Crippen molar-refractivity contribution in [2.24, 2.45) is 11.8 Å². The summed E-state index contributed by atoms with van der Waals surface area (Å²) in [6.07, 6.45) is 7.05. The second kappa shape index (κ2) is 17.8. The van der Waals surface area contributed by atoms with E-state index in [1.54, 1.807) is 26.2 Å². The monoisotopic (exact) mass is 823 g/mol. The van der Waals surface area contributed by atoms with Gasteiger partial charge in [-0.2, -0.15) is 0 Å². The van der Waals surface area contributed by atoms with Crippen LogP contribution in [-0.2, 0) is 29.5 Å². The fourth-order valence-electron chi connectivity index (χ4n) is 10.7. The molecule has 4 heterocycles. The zero-order chi connectivity index (χ0) is 41.1. The van der Waals surface area contributed by atoms with Crippen LogP contribution >= 0.6 is 0 Å². The number of sulfone groups is 1. The summed E-state index contributed by atoms with van der Waals surface area (Å²) < 4.78 is 69.5. The number of halogens is 2. The number of benzene rings is 2. The molecule has 2 aromatic carbocycles. The maximum Gasteiger partial charge on any atom is 0.407 e. The number of piperidine rings is 1. The summed E-state index contributed by atoms with van der Waals surface area (Å²) in [6.45, 7) is 8.13. The van der Waals surface area contributed by atoms with E-state index in [0.717, 1.165) is 82.9 Å². The summed E-state index contributed by atoms with van der Waals surface area (Å²) in [5, 5.41) is 2.33. The van der Waals surface area contributed by atoms with Gasteiger partial charge in [0, 0.05) is 44.7 Å². The van der Waals surface area contributed by atoms with Crippen LogP contribution in [0.5, 0.6) is 0 Å². The van der Waals surface area contributed by atoms with Gasteiger partial charge in [0.2, 0.25) is 0 Å². The van der Waals surface area contributed by atoms with Crippen LogP contribution in [0, 0.1) is 35.3 Å². The van der Waals surface area contributed by atoms with Gasteiger partial charge in [-0.15, -0.1) is 0 Å². The molecule has 0 bridgehead atoms. The minimum atomic E-state index is -3.90. The summed E-state index contributed by atoms with van der Waals surface area (Å²) in [7, 11) is -0.812. The number of nitrogens with one attached hydrogen (secondary N) is 1. The highest BCUT2D eigenvalue weighted by Gasteiger charge is 2.54. The quantitative estimate of drug-likeness (QED) is 0.288. The van der Waals surface area contributed by atoms with Gasteiger partial charge in [0.15, 0.2) is 9.84 Å². The van der Waals surface area contributed by atoms with E-state index in [9.17, 15) is 18.0 Å². The first kappa shape index (κ1) is 42.4. The van der Waals surface area contributed by atoms with Crippen LogP contribution in [0.4, 0.5) is 19.3 Å². The van der Waals surface area contributed by atoms with Crippen LogP contribution in [0.15, 0.2) is 47.4 Å². The third-order valence-electron chi connectivity index (χ3n) is 13.9. The Hall–Kier alpha value is -3.77. The predicted molar refractivity (Wildman–Crippen MR) is 218 cm³/mol. The number of nitrogens with zero attached hydrogens (tertiary/aromatic N) is 4. The number of carbonyl (C=O) groups is 2. The van der Waals surface area contributed by atoms with Crippen LogP contribution in [0.2, 0.25) is 0 Å². The van der Waals surface area contributed by atoms with E-state index in [4.69, 9.17) is 9.47 Å². The minimum Gasteiger partial charge on any atom is -0.453 e. The Kier molecular flexibility index (Phi) is 13.0. The third kappa shape index (κ3) is 8.60. The molecule has 11 nitrogen and oxygen atoms in total. The van der Waals surface area contributed by atoms with E-state index >= 15 is 8.78 Å². The standard InChI is InChI=1S/C44H59F2N5O6S/c1-4-10-41(52)50-22-6-5-13-36(27-50)58(54,55)35-16-17-40(38(46)26-35)51-29-43(30-51,57-3)28-49-23-18-32(19-24-49)44(31-48-20-9-21-48,33-11-7-12-34(45)25-33)37-14-8-15-39(37)47-42(53)56-2/h7,11-12,16-17,25-26,32,36-37,39H,5-6,8-9,13-15,18-24,27-31H2,1-3H3,(H,47,53)/t36-,37+,39+,44+/m1/s1. The van der Waals surface area contributed by atoms with Crippen molar-refractivity contribution in [1.29, 1.82) is 0 Å². The zero-order valence-corrected chi connectivity index (χ0v) is 35.0. The molecule has 7 rings (SSSR count).